The van der Waals surface area contributed by atoms with E-state index in [0.29, 0.717) is 12.6 Å². The van der Waals surface area contributed by atoms with Crippen LogP contribution in [0.1, 0.15) is 39.8 Å². The van der Waals surface area contributed by atoms with Crippen LogP contribution in [0.25, 0.3) is 0 Å². The zero-order valence-corrected chi connectivity index (χ0v) is 16.8. The van der Waals surface area contributed by atoms with Gasteiger partial charge in [-0.1, -0.05) is 6.07 Å². The van der Waals surface area contributed by atoms with E-state index in [2.05, 4.69) is 5.32 Å². The highest BCUT2D eigenvalue weighted by atomic mass is 32.2. The van der Waals surface area contributed by atoms with Gasteiger partial charge in [-0.2, -0.15) is 0 Å². The van der Waals surface area contributed by atoms with Crippen molar-refractivity contribution in [1.82, 2.24) is 14.8 Å². The molecule has 30 heavy (non-hydrogen) atoms. The lowest BCUT2D eigenvalue weighted by molar-refractivity contribution is 0.0573. The molecular weight excluding hydrogens is 416 g/mol. The van der Waals surface area contributed by atoms with Crippen molar-refractivity contribution in [3.8, 4) is 5.75 Å². The standard InChI is InChI=1S/C20H19F2N3O4S/c1-10-4-5-30-15-9-24-8-13(17(26)18(27)16(24)20(29)25(10)15)19(28)23-7-11-2-3-12(21)6-14(11)22/h2-3,6,8,10,15,27H,4-5,7,9H2,1H3,(H,23,28)/t10-,15?/m0/s1. The van der Waals surface area contributed by atoms with Gasteiger partial charge in [-0.15, -0.1) is 11.8 Å². The van der Waals surface area contributed by atoms with E-state index < -0.39 is 34.6 Å². The summed E-state index contributed by atoms with van der Waals surface area (Å²) >= 11 is 1.60. The Labute approximate surface area is 174 Å². The van der Waals surface area contributed by atoms with E-state index in [1.807, 2.05) is 6.92 Å². The Morgan fingerprint density at radius 1 is 1.33 bits per heavy atom. The Morgan fingerprint density at radius 2 is 2.10 bits per heavy atom. The number of aromatic hydroxyl groups is 1. The summed E-state index contributed by atoms with van der Waals surface area (Å²) < 4.78 is 28.2. The van der Waals surface area contributed by atoms with Crippen molar-refractivity contribution in [3.63, 3.8) is 0 Å². The first-order valence-corrected chi connectivity index (χ1v) is 10.5. The molecule has 1 fully saturated rings. The molecule has 0 aliphatic carbocycles. The average Bonchev–Trinajstić information content (AvgIpc) is 2.69. The molecular formula is C20H19F2N3O4S. The summed E-state index contributed by atoms with van der Waals surface area (Å²) in [7, 11) is 0. The molecule has 1 unspecified atom stereocenters. The van der Waals surface area contributed by atoms with Crippen molar-refractivity contribution >= 4 is 23.6 Å². The molecule has 1 saturated heterocycles. The Balaban J connectivity index is 1.63. The summed E-state index contributed by atoms with van der Waals surface area (Å²) in [5.74, 6) is -2.73. The molecule has 1 aromatic heterocycles. The fourth-order valence-corrected chi connectivity index (χ4v) is 5.24. The lowest BCUT2D eigenvalue weighted by atomic mass is 10.1. The number of aromatic nitrogens is 1. The first-order valence-electron chi connectivity index (χ1n) is 9.40. The van der Waals surface area contributed by atoms with Gasteiger partial charge in [0.15, 0.2) is 11.4 Å². The maximum atomic E-state index is 13.8. The topological polar surface area (TPSA) is 91.6 Å². The number of rotatable bonds is 3. The highest BCUT2D eigenvalue weighted by Gasteiger charge is 2.40. The molecule has 7 nitrogen and oxygen atoms in total. The number of nitrogens with zero attached hydrogens (tertiary/aromatic N) is 2. The molecule has 2 amide bonds. The molecule has 2 aromatic rings. The predicted octanol–water partition coefficient (Wildman–Crippen LogP) is 2.07. The summed E-state index contributed by atoms with van der Waals surface area (Å²) in [6.45, 7) is 1.98. The van der Waals surface area contributed by atoms with Crippen LogP contribution >= 0.6 is 11.8 Å². The first-order chi connectivity index (χ1) is 14.3. The van der Waals surface area contributed by atoms with Crippen molar-refractivity contribution < 1.29 is 23.5 Å². The van der Waals surface area contributed by atoms with Crippen LogP contribution < -0.4 is 10.7 Å². The number of thioether (sulfide) groups is 1. The van der Waals surface area contributed by atoms with E-state index >= 15 is 0 Å². The monoisotopic (exact) mass is 435 g/mol. The van der Waals surface area contributed by atoms with Gasteiger partial charge in [-0.25, -0.2) is 8.78 Å². The zero-order valence-electron chi connectivity index (χ0n) is 16.0. The second kappa shape index (κ2) is 7.75. The molecule has 2 atom stereocenters. The van der Waals surface area contributed by atoms with Crippen molar-refractivity contribution in [2.75, 3.05) is 5.75 Å². The Morgan fingerprint density at radius 3 is 2.83 bits per heavy atom. The smallest absolute Gasteiger partial charge is 0.275 e. The molecule has 4 rings (SSSR count). The summed E-state index contributed by atoms with van der Waals surface area (Å²) in [6.07, 6.45) is 2.07. The van der Waals surface area contributed by atoms with Crippen LogP contribution in [0.3, 0.4) is 0 Å². The number of hydrogen-bond donors (Lipinski definition) is 2. The lowest BCUT2D eigenvalue weighted by Crippen LogP contribution is -2.54. The summed E-state index contributed by atoms with van der Waals surface area (Å²) in [4.78, 5) is 39.7. The van der Waals surface area contributed by atoms with Crippen molar-refractivity contribution in [1.29, 1.82) is 0 Å². The minimum Gasteiger partial charge on any atom is -0.503 e. The van der Waals surface area contributed by atoms with Gasteiger partial charge in [0.05, 0.1) is 11.9 Å². The second-order valence-corrected chi connectivity index (χ2v) is 8.60. The van der Waals surface area contributed by atoms with E-state index in [-0.39, 0.29) is 34.8 Å². The van der Waals surface area contributed by atoms with Crippen molar-refractivity contribution in [2.24, 2.45) is 0 Å². The number of carbonyl (C=O) groups excluding carboxylic acids is 2. The van der Waals surface area contributed by atoms with E-state index in [4.69, 9.17) is 0 Å². The van der Waals surface area contributed by atoms with Crippen LogP contribution in [0.4, 0.5) is 8.78 Å². The maximum Gasteiger partial charge on any atom is 0.275 e. The molecule has 2 N–H and O–H groups in total. The van der Waals surface area contributed by atoms with Gasteiger partial charge in [-0.05, 0) is 25.2 Å². The van der Waals surface area contributed by atoms with Gasteiger partial charge in [0.2, 0.25) is 5.43 Å². The molecule has 0 saturated carbocycles. The SMILES string of the molecule is C[C@H]1CCSC2Cn3cc(C(=O)NCc4ccc(F)cc4F)c(=O)c(O)c3C(=O)N21. The maximum absolute atomic E-state index is 13.8. The molecule has 0 spiro atoms. The normalized spacial score (nSPS) is 20.5. The van der Waals surface area contributed by atoms with Gasteiger partial charge >= 0.3 is 0 Å². The van der Waals surface area contributed by atoms with Gasteiger partial charge in [0, 0.05) is 30.4 Å². The number of halogens is 2. The van der Waals surface area contributed by atoms with Gasteiger partial charge in [0.25, 0.3) is 11.8 Å². The fraction of sp³-hybridized carbons (Fsp3) is 0.350. The third-order valence-electron chi connectivity index (χ3n) is 5.38. The van der Waals surface area contributed by atoms with Crippen LogP contribution in [-0.2, 0) is 13.1 Å². The van der Waals surface area contributed by atoms with Gasteiger partial charge in [0.1, 0.15) is 17.2 Å². The quantitative estimate of drug-likeness (QED) is 0.770. The number of amides is 2. The summed E-state index contributed by atoms with van der Waals surface area (Å²) in [6, 6.07) is 2.93. The third kappa shape index (κ3) is 3.45. The number of nitrogens with one attached hydrogen (secondary N) is 1. The predicted molar refractivity (Wildman–Crippen MR) is 106 cm³/mol. The molecule has 2 aliphatic heterocycles. The van der Waals surface area contributed by atoms with Crippen LogP contribution in [0, 0.1) is 11.6 Å². The van der Waals surface area contributed by atoms with E-state index in [1.54, 1.807) is 16.7 Å². The second-order valence-electron chi connectivity index (χ2n) is 7.32. The van der Waals surface area contributed by atoms with Crippen LogP contribution in [0.2, 0.25) is 0 Å². The molecule has 10 heteroatoms. The number of hydrogen-bond acceptors (Lipinski definition) is 5. The number of pyridine rings is 1. The molecule has 158 valence electrons. The molecule has 2 aliphatic rings. The lowest BCUT2D eigenvalue weighted by Gasteiger charge is -2.44. The number of carbonyl (C=O) groups is 2. The van der Waals surface area contributed by atoms with Crippen molar-refractivity contribution in [3.05, 3.63) is 63.1 Å². The average molecular weight is 435 g/mol. The first kappa shape index (κ1) is 20.4. The molecule has 1 aromatic carbocycles. The summed E-state index contributed by atoms with van der Waals surface area (Å²) in [5.41, 5.74) is -1.41. The third-order valence-corrected chi connectivity index (χ3v) is 6.61. The Hall–Kier alpha value is -2.88. The summed E-state index contributed by atoms with van der Waals surface area (Å²) in [5, 5.41) is 12.7. The fourth-order valence-electron chi connectivity index (χ4n) is 3.76. The van der Waals surface area contributed by atoms with Crippen LogP contribution in [-0.4, -0.2) is 43.6 Å². The molecule has 3 heterocycles. The van der Waals surface area contributed by atoms with Gasteiger partial charge < -0.3 is 19.9 Å². The van der Waals surface area contributed by atoms with Crippen molar-refractivity contribution in [2.45, 2.75) is 37.8 Å². The van der Waals surface area contributed by atoms with Crippen LogP contribution in [0.5, 0.6) is 5.75 Å². The molecule has 0 bridgehead atoms. The highest BCUT2D eigenvalue weighted by molar-refractivity contribution is 7.99. The van der Waals surface area contributed by atoms with E-state index in [1.165, 1.54) is 16.8 Å². The molecule has 0 radical (unpaired) electrons. The van der Waals surface area contributed by atoms with E-state index in [9.17, 15) is 28.3 Å². The minimum absolute atomic E-state index is 0.0133. The largest absolute Gasteiger partial charge is 0.503 e. The number of benzene rings is 1. The van der Waals surface area contributed by atoms with E-state index in [0.717, 1.165) is 18.2 Å². The minimum atomic E-state index is -0.970. The highest BCUT2D eigenvalue weighted by Crippen LogP contribution is 2.35. The zero-order chi connectivity index (χ0) is 21.6. The Kier molecular flexibility index (Phi) is 5.27. The Bertz CT molecular complexity index is 1100. The van der Waals surface area contributed by atoms with Crippen LogP contribution in [0.15, 0.2) is 29.2 Å². The van der Waals surface area contributed by atoms with Gasteiger partial charge in [-0.3, -0.25) is 14.4 Å². The number of fused-ring (bicyclic) bond motifs is 2.